The molecule has 12 heteroatoms. The third-order valence-electron chi connectivity index (χ3n) is 7.35. The van der Waals surface area contributed by atoms with E-state index in [9.17, 15) is 28.8 Å². The maximum Gasteiger partial charge on any atom is 0.329 e. The van der Waals surface area contributed by atoms with Crippen LogP contribution >= 0.6 is 0 Å². The van der Waals surface area contributed by atoms with Crippen LogP contribution in [-0.2, 0) is 33.5 Å². The van der Waals surface area contributed by atoms with Gasteiger partial charge in [0.2, 0.25) is 29.5 Å². The summed E-state index contributed by atoms with van der Waals surface area (Å²) in [5.74, 6) is -4.03. The van der Waals surface area contributed by atoms with Crippen LogP contribution in [0.2, 0.25) is 0 Å². The topological polar surface area (TPSA) is 172 Å². The Morgan fingerprint density at radius 2 is 1.35 bits per heavy atom. The molecule has 5 unspecified atom stereocenters. The first-order valence-corrected chi connectivity index (χ1v) is 15.8. The predicted molar refractivity (Wildman–Crippen MR) is 163 cm³/mol. The second-order valence-electron chi connectivity index (χ2n) is 12.7. The summed E-state index contributed by atoms with van der Waals surface area (Å²) >= 11 is 0. The maximum atomic E-state index is 13.3. The number of nitrogens with one attached hydrogen (secondary N) is 5. The van der Waals surface area contributed by atoms with Crippen LogP contribution < -0.4 is 26.6 Å². The molecule has 1 aliphatic heterocycles. The van der Waals surface area contributed by atoms with Crippen LogP contribution in [0.4, 0.5) is 0 Å². The van der Waals surface area contributed by atoms with Crippen molar-refractivity contribution < 1.29 is 33.5 Å². The van der Waals surface area contributed by atoms with Crippen molar-refractivity contribution in [2.45, 2.75) is 137 Å². The van der Waals surface area contributed by atoms with E-state index in [1.807, 2.05) is 13.8 Å². The molecule has 5 atom stereocenters. The fraction of sp³-hybridized carbons (Fsp3) is 0.806. The van der Waals surface area contributed by atoms with Crippen molar-refractivity contribution in [3.63, 3.8) is 0 Å². The highest BCUT2D eigenvalue weighted by Crippen LogP contribution is 2.16. The number of carbonyl (C=O) groups excluding carboxylic acids is 6. The van der Waals surface area contributed by atoms with Gasteiger partial charge in [0.1, 0.15) is 30.3 Å². The van der Waals surface area contributed by atoms with E-state index in [2.05, 4.69) is 33.5 Å². The van der Waals surface area contributed by atoms with Crippen LogP contribution in [0.5, 0.6) is 0 Å². The van der Waals surface area contributed by atoms with Crippen molar-refractivity contribution >= 4 is 35.5 Å². The first-order chi connectivity index (χ1) is 20.2. The molecule has 5 N–H and O–H groups in total. The number of esters is 1. The van der Waals surface area contributed by atoms with Crippen molar-refractivity contribution in [2.75, 3.05) is 6.54 Å². The Labute approximate surface area is 257 Å². The molecule has 1 heterocycles. The van der Waals surface area contributed by atoms with Crippen molar-refractivity contribution in [1.82, 2.24) is 26.6 Å². The zero-order valence-corrected chi connectivity index (χ0v) is 27.3. The van der Waals surface area contributed by atoms with E-state index in [0.29, 0.717) is 12.8 Å². The summed E-state index contributed by atoms with van der Waals surface area (Å²) in [6.45, 7) is 14.1. The molecule has 0 spiro atoms. The lowest BCUT2D eigenvalue weighted by Gasteiger charge is -2.27. The summed E-state index contributed by atoms with van der Waals surface area (Å²) in [4.78, 5) is 78.4. The van der Waals surface area contributed by atoms with Crippen LogP contribution in [0.3, 0.4) is 0 Å². The van der Waals surface area contributed by atoms with Gasteiger partial charge in [0, 0.05) is 0 Å². The van der Waals surface area contributed by atoms with E-state index in [1.165, 1.54) is 6.92 Å². The van der Waals surface area contributed by atoms with E-state index < -0.39 is 65.8 Å². The van der Waals surface area contributed by atoms with E-state index >= 15 is 0 Å². The monoisotopic (exact) mass is 609 g/mol. The predicted octanol–water partition coefficient (Wildman–Crippen LogP) is 2.10. The number of hydrogen-bond acceptors (Lipinski definition) is 7. The van der Waals surface area contributed by atoms with E-state index in [4.69, 9.17) is 4.74 Å². The van der Waals surface area contributed by atoms with Crippen LogP contribution in [0, 0.1) is 17.8 Å². The van der Waals surface area contributed by atoms with Crippen LogP contribution in [0.25, 0.3) is 0 Å². The van der Waals surface area contributed by atoms with Gasteiger partial charge >= 0.3 is 5.97 Å². The zero-order valence-electron chi connectivity index (χ0n) is 27.3. The van der Waals surface area contributed by atoms with E-state index in [-0.39, 0.29) is 30.7 Å². The van der Waals surface area contributed by atoms with Gasteiger partial charge in [-0.3, -0.25) is 24.0 Å². The Bertz CT molecular complexity index is 953. The molecule has 0 bridgehead atoms. The lowest BCUT2D eigenvalue weighted by molar-refractivity contribution is -0.156. The van der Waals surface area contributed by atoms with Crippen molar-refractivity contribution in [3.8, 4) is 0 Å². The molecule has 1 rings (SSSR count). The molecule has 12 nitrogen and oxygen atoms in total. The van der Waals surface area contributed by atoms with Gasteiger partial charge in [0.15, 0.2) is 0 Å². The van der Waals surface area contributed by atoms with Gasteiger partial charge in [-0.1, -0.05) is 74.1 Å². The summed E-state index contributed by atoms with van der Waals surface area (Å²) in [6.07, 6.45) is 4.71. The minimum atomic E-state index is -1.02. The smallest absolute Gasteiger partial charge is 0.329 e. The molecular formula is C31H55N5O7. The van der Waals surface area contributed by atoms with Gasteiger partial charge in [-0.15, -0.1) is 0 Å². The summed E-state index contributed by atoms with van der Waals surface area (Å²) in [7, 11) is 0. The van der Waals surface area contributed by atoms with Crippen molar-refractivity contribution in [2.24, 2.45) is 17.8 Å². The number of unbranched alkanes of at least 4 members (excludes halogenated alkanes) is 4. The Hall–Kier alpha value is -3.18. The average molecular weight is 610 g/mol. The number of cyclic esters (lactones) is 1. The van der Waals surface area contributed by atoms with Crippen LogP contribution in [0.1, 0.15) is 107 Å². The third kappa shape index (κ3) is 14.2. The van der Waals surface area contributed by atoms with Crippen molar-refractivity contribution in [3.05, 3.63) is 0 Å². The molecule has 0 aromatic heterocycles. The van der Waals surface area contributed by atoms with E-state index in [0.717, 1.165) is 32.1 Å². The minimum absolute atomic E-state index is 0.0313. The number of amides is 5. The molecule has 246 valence electrons. The first kappa shape index (κ1) is 37.8. The Morgan fingerprint density at radius 1 is 0.721 bits per heavy atom. The molecule has 1 saturated heterocycles. The summed E-state index contributed by atoms with van der Waals surface area (Å²) < 4.78 is 5.76. The number of hydrogen-bond donors (Lipinski definition) is 5. The number of rotatable bonds is 10. The SMILES string of the molecule is CCCCCCCC1CC(=O)NCC(=O)NC(C(C)C)C(=O)NC(CC(C)C)C(=O)NC(C)C(=O)NC(C(C)C)C(=O)O1. The Kier molecular flexibility index (Phi) is 16.9. The molecule has 0 aromatic carbocycles. The Balaban J connectivity index is 3.31. The Morgan fingerprint density at radius 3 is 1.93 bits per heavy atom. The minimum Gasteiger partial charge on any atom is -0.460 e. The molecule has 0 radical (unpaired) electrons. The number of carbonyl (C=O) groups is 6. The average Bonchev–Trinajstić information content (AvgIpc) is 2.91. The maximum absolute atomic E-state index is 13.3. The lowest BCUT2D eigenvalue weighted by atomic mass is 9.99. The van der Waals surface area contributed by atoms with Crippen molar-refractivity contribution in [1.29, 1.82) is 0 Å². The molecule has 1 fully saturated rings. The molecule has 5 amide bonds. The van der Waals surface area contributed by atoms with E-state index in [1.54, 1.807) is 27.7 Å². The summed E-state index contributed by atoms with van der Waals surface area (Å²) in [6, 6.07) is -3.95. The fourth-order valence-electron chi connectivity index (χ4n) is 4.75. The quantitative estimate of drug-likeness (QED) is 0.186. The van der Waals surface area contributed by atoms with Gasteiger partial charge < -0.3 is 31.3 Å². The molecule has 43 heavy (non-hydrogen) atoms. The van der Waals surface area contributed by atoms with Gasteiger partial charge in [-0.2, -0.15) is 0 Å². The second-order valence-corrected chi connectivity index (χ2v) is 12.7. The van der Waals surface area contributed by atoms with Crippen LogP contribution in [0.15, 0.2) is 0 Å². The molecular weight excluding hydrogens is 554 g/mol. The standard InChI is InChI=1S/C31H55N5O7/c1-9-10-11-12-13-14-22-16-24(37)32-17-25(38)35-26(19(4)5)30(41)34-23(15-18(2)3)29(40)33-21(8)28(39)36-27(20(6)7)31(42)43-22/h18-23,26-27H,9-17H2,1-8H3,(H,32,37)(H,33,40)(H,34,41)(H,35,38)(H,36,39). The first-order valence-electron chi connectivity index (χ1n) is 15.8. The third-order valence-corrected chi connectivity index (χ3v) is 7.35. The molecule has 0 aliphatic carbocycles. The zero-order chi connectivity index (χ0) is 32.7. The lowest BCUT2D eigenvalue weighted by Crippen LogP contribution is -2.58. The second kappa shape index (κ2) is 19.2. The normalized spacial score (nSPS) is 25.6. The largest absolute Gasteiger partial charge is 0.460 e. The fourth-order valence-corrected chi connectivity index (χ4v) is 4.75. The highest BCUT2D eigenvalue weighted by Gasteiger charge is 2.33. The highest BCUT2D eigenvalue weighted by molar-refractivity contribution is 5.95. The summed E-state index contributed by atoms with van der Waals surface area (Å²) in [5, 5.41) is 13.3. The van der Waals surface area contributed by atoms with Gasteiger partial charge in [0.05, 0.1) is 13.0 Å². The molecule has 1 aliphatic rings. The van der Waals surface area contributed by atoms with Crippen LogP contribution in [-0.4, -0.2) is 72.3 Å². The van der Waals surface area contributed by atoms with Gasteiger partial charge in [-0.25, -0.2) is 4.79 Å². The molecule has 0 saturated carbocycles. The molecule has 0 aromatic rings. The van der Waals surface area contributed by atoms with Gasteiger partial charge in [0.25, 0.3) is 0 Å². The number of ether oxygens (including phenoxy) is 1. The van der Waals surface area contributed by atoms with Gasteiger partial charge in [-0.05, 0) is 43.9 Å². The summed E-state index contributed by atoms with van der Waals surface area (Å²) in [5.41, 5.74) is 0. The highest BCUT2D eigenvalue weighted by atomic mass is 16.5.